The van der Waals surface area contributed by atoms with Gasteiger partial charge in [-0.3, -0.25) is 0 Å². The maximum absolute atomic E-state index is 13.5. The van der Waals surface area contributed by atoms with Crippen molar-refractivity contribution in [1.29, 1.82) is 0 Å². The predicted octanol–water partition coefficient (Wildman–Crippen LogP) is 4.16. The first-order valence-electron chi connectivity index (χ1n) is 3.72. The van der Waals surface area contributed by atoms with Crippen LogP contribution in [0, 0.1) is 0 Å². The molecule has 0 spiro atoms. The first-order valence-corrected chi connectivity index (χ1v) is 5.15. The lowest BCUT2D eigenvalue weighted by molar-refractivity contribution is 0.572. The van der Waals surface area contributed by atoms with Gasteiger partial charge in [-0.25, -0.2) is 0 Å². The molecule has 0 radical (unpaired) electrons. The molecule has 0 saturated carbocycles. The van der Waals surface area contributed by atoms with E-state index in [0.29, 0.717) is 0 Å². The summed E-state index contributed by atoms with van der Waals surface area (Å²) in [5.41, 5.74) is 0. The summed E-state index contributed by atoms with van der Waals surface area (Å²) in [7, 11) is -3.51. The van der Waals surface area contributed by atoms with E-state index in [-0.39, 0.29) is 0 Å². The molecule has 0 aromatic rings. The molecule has 0 unspecified atom stereocenters. The van der Waals surface area contributed by atoms with Gasteiger partial charge in [0, 0.05) is 9.49 Å². The van der Waals surface area contributed by atoms with E-state index in [0.717, 1.165) is 0 Å². The Morgan fingerprint density at radius 3 is 0.909 bits per heavy atom. The molecular formula is C8H18F2S. The summed E-state index contributed by atoms with van der Waals surface area (Å²) in [4.78, 5) is 0. The SMILES string of the molecule is CC(C)(C)S(F)(F)C(C)(C)C. The monoisotopic (exact) mass is 184 g/mol. The molecule has 0 atom stereocenters. The number of hydrogen-bond acceptors (Lipinski definition) is 0. The second-order valence-corrected chi connectivity index (χ2v) is 8.08. The average molecular weight is 184 g/mol. The molecule has 0 aliphatic heterocycles. The standard InChI is InChI=1S/C8H18F2S/c1-7(2,3)11(9,10)8(4,5)6/h1-6H3. The summed E-state index contributed by atoms with van der Waals surface area (Å²) in [6, 6.07) is 0. The van der Waals surface area contributed by atoms with Gasteiger partial charge in [-0.1, -0.05) is 0 Å². The quantitative estimate of drug-likeness (QED) is 0.530. The number of hydrogen-bond donors (Lipinski definition) is 0. The van der Waals surface area contributed by atoms with Crippen LogP contribution in [-0.4, -0.2) is 9.49 Å². The van der Waals surface area contributed by atoms with Crippen LogP contribution in [0.15, 0.2) is 0 Å². The second-order valence-electron chi connectivity index (χ2n) is 4.69. The largest absolute Gasteiger partial charge is 0.157 e. The lowest BCUT2D eigenvalue weighted by Crippen LogP contribution is -2.32. The van der Waals surface area contributed by atoms with Crippen molar-refractivity contribution in [2.75, 3.05) is 0 Å². The van der Waals surface area contributed by atoms with Crippen molar-refractivity contribution in [2.24, 2.45) is 0 Å². The van der Waals surface area contributed by atoms with Crippen LogP contribution in [0.4, 0.5) is 7.77 Å². The molecule has 0 aliphatic rings. The molecule has 0 heterocycles. The Morgan fingerprint density at radius 2 is 0.909 bits per heavy atom. The Balaban J connectivity index is 4.75. The van der Waals surface area contributed by atoms with Gasteiger partial charge in [0.05, 0.1) is 10.8 Å². The topological polar surface area (TPSA) is 0 Å². The van der Waals surface area contributed by atoms with Crippen molar-refractivity contribution >= 4 is 10.8 Å². The minimum Gasteiger partial charge on any atom is -0.157 e. The zero-order valence-electron chi connectivity index (χ0n) is 8.16. The fraction of sp³-hybridized carbons (Fsp3) is 1.00. The summed E-state index contributed by atoms with van der Waals surface area (Å²) in [6.45, 7) is 9.63. The first-order chi connectivity index (χ1) is 4.50. The predicted molar refractivity (Wildman–Crippen MR) is 49.3 cm³/mol. The van der Waals surface area contributed by atoms with E-state index >= 15 is 0 Å². The summed E-state index contributed by atoms with van der Waals surface area (Å²) in [6.07, 6.45) is 0. The highest BCUT2D eigenvalue weighted by Crippen LogP contribution is 2.70. The zero-order chi connectivity index (χ0) is 9.50. The molecule has 0 aromatic carbocycles. The number of rotatable bonds is 0. The molecule has 3 heteroatoms. The lowest BCUT2D eigenvalue weighted by Gasteiger charge is -2.44. The molecule has 0 N–H and O–H groups in total. The summed E-state index contributed by atoms with van der Waals surface area (Å²) in [5.74, 6) is 0. The third kappa shape index (κ3) is 2.08. The maximum atomic E-state index is 13.5. The molecule has 0 aliphatic carbocycles. The molecule has 0 aromatic heterocycles. The van der Waals surface area contributed by atoms with Gasteiger partial charge in [-0.05, 0) is 41.5 Å². The molecular weight excluding hydrogens is 166 g/mol. The van der Waals surface area contributed by atoms with Crippen molar-refractivity contribution in [1.82, 2.24) is 0 Å². The number of halogens is 2. The van der Waals surface area contributed by atoms with E-state index in [4.69, 9.17) is 0 Å². The highest BCUT2D eigenvalue weighted by atomic mass is 32.3. The van der Waals surface area contributed by atoms with Gasteiger partial charge in [0.25, 0.3) is 0 Å². The third-order valence-electron chi connectivity index (χ3n) is 1.54. The van der Waals surface area contributed by atoms with Gasteiger partial charge in [-0.15, -0.1) is 0 Å². The van der Waals surface area contributed by atoms with Crippen LogP contribution >= 0.6 is 10.8 Å². The van der Waals surface area contributed by atoms with E-state index in [1.807, 2.05) is 0 Å². The van der Waals surface area contributed by atoms with Crippen LogP contribution in [-0.2, 0) is 0 Å². The van der Waals surface area contributed by atoms with Crippen LogP contribution in [0.1, 0.15) is 41.5 Å². The first kappa shape index (κ1) is 11.2. The molecule has 0 bridgehead atoms. The maximum Gasteiger partial charge on any atom is 0.0671 e. The highest BCUT2D eigenvalue weighted by molar-refractivity contribution is 8.27. The van der Waals surface area contributed by atoms with Crippen molar-refractivity contribution in [3.8, 4) is 0 Å². The van der Waals surface area contributed by atoms with Crippen LogP contribution in [0.2, 0.25) is 0 Å². The smallest absolute Gasteiger partial charge is 0.0671 e. The van der Waals surface area contributed by atoms with E-state index < -0.39 is 20.3 Å². The van der Waals surface area contributed by atoms with E-state index in [1.54, 1.807) is 41.5 Å². The van der Waals surface area contributed by atoms with Gasteiger partial charge in [0.1, 0.15) is 0 Å². The molecule has 0 fully saturated rings. The second kappa shape index (κ2) is 2.61. The Kier molecular flexibility index (Phi) is 2.66. The van der Waals surface area contributed by atoms with Gasteiger partial charge < -0.3 is 0 Å². The zero-order valence-corrected chi connectivity index (χ0v) is 8.98. The third-order valence-corrected chi connectivity index (χ3v) is 4.61. The van der Waals surface area contributed by atoms with E-state index in [2.05, 4.69) is 0 Å². The Morgan fingerprint density at radius 1 is 0.727 bits per heavy atom. The average Bonchev–Trinajstić information content (AvgIpc) is 1.58. The lowest BCUT2D eigenvalue weighted by atomic mass is 10.2. The summed E-state index contributed by atoms with van der Waals surface area (Å²) >= 11 is 0. The normalized spacial score (nSPS) is 16.7. The Bertz CT molecular complexity index is 123. The van der Waals surface area contributed by atoms with Gasteiger partial charge in [0.15, 0.2) is 0 Å². The van der Waals surface area contributed by atoms with Gasteiger partial charge in [-0.2, -0.15) is 7.77 Å². The molecule has 0 amide bonds. The van der Waals surface area contributed by atoms with Gasteiger partial charge >= 0.3 is 0 Å². The van der Waals surface area contributed by atoms with Crippen LogP contribution in [0.3, 0.4) is 0 Å². The van der Waals surface area contributed by atoms with E-state index in [1.165, 1.54) is 0 Å². The minimum absolute atomic E-state index is 0.870. The molecule has 11 heavy (non-hydrogen) atoms. The van der Waals surface area contributed by atoms with Gasteiger partial charge in [0.2, 0.25) is 0 Å². The van der Waals surface area contributed by atoms with Crippen LogP contribution < -0.4 is 0 Å². The van der Waals surface area contributed by atoms with Crippen molar-refractivity contribution in [3.63, 3.8) is 0 Å². The van der Waals surface area contributed by atoms with E-state index in [9.17, 15) is 7.77 Å². The molecule has 0 rings (SSSR count). The molecule has 0 nitrogen and oxygen atoms in total. The van der Waals surface area contributed by atoms with Crippen LogP contribution in [0.5, 0.6) is 0 Å². The van der Waals surface area contributed by atoms with Crippen LogP contribution in [0.25, 0.3) is 0 Å². The molecule has 70 valence electrons. The highest BCUT2D eigenvalue weighted by Gasteiger charge is 2.47. The molecule has 0 saturated heterocycles. The fourth-order valence-corrected chi connectivity index (χ4v) is 2.76. The summed E-state index contributed by atoms with van der Waals surface area (Å²) in [5, 5.41) is 0. The summed E-state index contributed by atoms with van der Waals surface area (Å²) < 4.78 is 25.3. The van der Waals surface area contributed by atoms with Crippen molar-refractivity contribution < 1.29 is 7.77 Å². The Hall–Kier alpha value is 0.210. The minimum atomic E-state index is -3.51. The van der Waals surface area contributed by atoms with Crippen molar-refractivity contribution in [3.05, 3.63) is 0 Å². The Labute approximate surface area is 70.3 Å². The van der Waals surface area contributed by atoms with Crippen molar-refractivity contribution in [2.45, 2.75) is 51.0 Å². The fourth-order valence-electron chi connectivity index (χ4n) is 0.919.